The summed E-state index contributed by atoms with van der Waals surface area (Å²) in [6.45, 7) is 0.553. The average Bonchev–Trinajstić information content (AvgIpc) is 2.84. The van der Waals surface area contributed by atoms with Gasteiger partial charge in [0, 0.05) is 43.4 Å². The molecule has 0 bridgehead atoms. The molecule has 0 amide bonds. The highest BCUT2D eigenvalue weighted by Gasteiger charge is 2.24. The minimum Gasteiger partial charge on any atom is -0.326 e. The number of nitrogens with two attached hydrogens (primary N) is 1. The second-order valence-corrected chi connectivity index (χ2v) is 7.62. The molecule has 2 aromatic rings. The predicted molar refractivity (Wildman–Crippen MR) is 83.9 cm³/mol. The Hall–Kier alpha value is -1.22. The third kappa shape index (κ3) is 3.52. The Morgan fingerprint density at radius 3 is 2.67 bits per heavy atom. The lowest BCUT2D eigenvalue weighted by Gasteiger charge is -2.18. The number of hydrogen-bond acceptors (Lipinski definition) is 4. The highest BCUT2D eigenvalue weighted by Crippen LogP contribution is 2.26. The largest absolute Gasteiger partial charge is 0.326 e. The van der Waals surface area contributed by atoms with Gasteiger partial charge in [0.05, 0.1) is 11.1 Å². The molecule has 2 rings (SSSR count). The van der Waals surface area contributed by atoms with E-state index in [0.29, 0.717) is 11.0 Å². The zero-order chi connectivity index (χ0) is 15.6. The smallest absolute Gasteiger partial charge is 0.244 e. The molecule has 6 nitrogen and oxygen atoms in total. The van der Waals surface area contributed by atoms with Crippen molar-refractivity contribution in [2.75, 3.05) is 7.05 Å². The molecule has 1 aromatic carbocycles. The molecule has 114 valence electrons. The molecule has 0 spiro atoms. The third-order valence-electron chi connectivity index (χ3n) is 3.08. The second kappa shape index (κ2) is 6.27. The van der Waals surface area contributed by atoms with E-state index in [1.165, 1.54) is 4.31 Å². The van der Waals surface area contributed by atoms with Gasteiger partial charge in [-0.25, -0.2) is 8.42 Å². The lowest BCUT2D eigenvalue weighted by molar-refractivity contribution is 0.466. The normalized spacial score (nSPS) is 12.0. The zero-order valence-corrected chi connectivity index (χ0v) is 14.2. The molecule has 8 heteroatoms. The summed E-state index contributed by atoms with van der Waals surface area (Å²) in [7, 11) is -0.261. The van der Waals surface area contributed by atoms with E-state index in [1.807, 2.05) is 0 Å². The molecule has 2 N–H and O–H groups in total. The van der Waals surface area contributed by atoms with E-state index in [2.05, 4.69) is 21.0 Å². The van der Waals surface area contributed by atoms with Crippen molar-refractivity contribution in [3.8, 4) is 0 Å². The maximum absolute atomic E-state index is 12.7. The predicted octanol–water partition coefficient (Wildman–Crippen LogP) is 1.46. The first kappa shape index (κ1) is 16.2. The first-order valence-electron chi connectivity index (χ1n) is 6.27. The number of nitrogens with zero attached hydrogens (tertiary/aromatic N) is 3. The van der Waals surface area contributed by atoms with Crippen LogP contribution < -0.4 is 5.73 Å². The number of rotatable bonds is 5. The van der Waals surface area contributed by atoms with Crippen LogP contribution in [-0.2, 0) is 30.2 Å². The van der Waals surface area contributed by atoms with Crippen LogP contribution in [0.15, 0.2) is 40.0 Å². The van der Waals surface area contributed by atoms with E-state index in [1.54, 1.807) is 49.4 Å². The van der Waals surface area contributed by atoms with Crippen LogP contribution in [0.3, 0.4) is 0 Å². The Morgan fingerprint density at radius 2 is 2.10 bits per heavy atom. The van der Waals surface area contributed by atoms with Crippen LogP contribution in [0.25, 0.3) is 0 Å². The van der Waals surface area contributed by atoms with Crippen molar-refractivity contribution in [3.05, 3.63) is 46.2 Å². The quantitative estimate of drug-likeness (QED) is 0.861. The summed E-state index contributed by atoms with van der Waals surface area (Å²) in [5.41, 5.74) is 7.18. The van der Waals surface area contributed by atoms with Crippen molar-refractivity contribution >= 4 is 26.0 Å². The first-order valence-corrected chi connectivity index (χ1v) is 8.50. The van der Waals surface area contributed by atoms with Gasteiger partial charge < -0.3 is 5.73 Å². The van der Waals surface area contributed by atoms with Crippen LogP contribution in [0.1, 0.15) is 11.1 Å². The third-order valence-corrected chi connectivity index (χ3v) is 5.88. The minimum atomic E-state index is -3.60. The number of sulfonamides is 1. The van der Waals surface area contributed by atoms with Gasteiger partial charge in [-0.2, -0.15) is 9.40 Å². The minimum absolute atomic E-state index is 0.219. The Bertz CT molecular complexity index is 742. The van der Waals surface area contributed by atoms with Gasteiger partial charge in [0.2, 0.25) is 10.0 Å². The Morgan fingerprint density at radius 1 is 1.38 bits per heavy atom. The van der Waals surface area contributed by atoms with Crippen molar-refractivity contribution < 1.29 is 8.42 Å². The van der Waals surface area contributed by atoms with Gasteiger partial charge in [0.15, 0.2) is 0 Å². The molecule has 0 fully saturated rings. The first-order chi connectivity index (χ1) is 9.84. The Kier molecular flexibility index (Phi) is 4.82. The summed E-state index contributed by atoms with van der Waals surface area (Å²) >= 11 is 3.29. The maximum Gasteiger partial charge on any atom is 0.244 e. The lowest BCUT2D eigenvalue weighted by atomic mass is 10.2. The van der Waals surface area contributed by atoms with Crippen LogP contribution in [0.2, 0.25) is 0 Å². The van der Waals surface area contributed by atoms with Crippen molar-refractivity contribution in [1.82, 2.24) is 14.1 Å². The van der Waals surface area contributed by atoms with E-state index < -0.39 is 10.0 Å². The van der Waals surface area contributed by atoms with Gasteiger partial charge in [-0.15, -0.1) is 0 Å². The maximum atomic E-state index is 12.7. The molecule has 0 aliphatic heterocycles. The SMILES string of the molecule is CN(Cc1cnn(C)c1)S(=O)(=O)c1cc(CN)ccc1Br. The van der Waals surface area contributed by atoms with Gasteiger partial charge in [-0.05, 0) is 33.6 Å². The molecular weight excluding hydrogens is 356 g/mol. The average molecular weight is 373 g/mol. The lowest BCUT2D eigenvalue weighted by Crippen LogP contribution is -2.26. The fraction of sp³-hybridized carbons (Fsp3) is 0.308. The summed E-state index contributed by atoms with van der Waals surface area (Å²) in [6.07, 6.45) is 3.44. The molecule has 0 unspecified atom stereocenters. The number of hydrogen-bond donors (Lipinski definition) is 1. The molecule has 0 saturated carbocycles. The second-order valence-electron chi connectivity index (χ2n) is 4.75. The van der Waals surface area contributed by atoms with Gasteiger partial charge in [-0.1, -0.05) is 6.07 Å². The molecule has 0 saturated heterocycles. The fourth-order valence-corrected chi connectivity index (χ4v) is 4.07. The number of halogens is 1. The van der Waals surface area contributed by atoms with Crippen LogP contribution in [0.4, 0.5) is 0 Å². The van der Waals surface area contributed by atoms with Crippen molar-refractivity contribution in [3.63, 3.8) is 0 Å². The van der Waals surface area contributed by atoms with Crippen molar-refractivity contribution in [2.45, 2.75) is 18.0 Å². The monoisotopic (exact) mass is 372 g/mol. The fourth-order valence-electron chi connectivity index (χ4n) is 1.94. The van der Waals surface area contributed by atoms with Gasteiger partial charge >= 0.3 is 0 Å². The number of aromatic nitrogens is 2. The van der Waals surface area contributed by atoms with Crippen LogP contribution in [-0.4, -0.2) is 29.6 Å². The van der Waals surface area contributed by atoms with Crippen molar-refractivity contribution in [2.24, 2.45) is 12.8 Å². The van der Waals surface area contributed by atoms with Crippen LogP contribution in [0.5, 0.6) is 0 Å². The molecule has 0 radical (unpaired) electrons. The number of benzene rings is 1. The Labute approximate surface area is 132 Å². The zero-order valence-electron chi connectivity index (χ0n) is 11.8. The molecule has 1 aromatic heterocycles. The molecule has 1 heterocycles. The van der Waals surface area contributed by atoms with Crippen LogP contribution in [0, 0.1) is 0 Å². The highest BCUT2D eigenvalue weighted by molar-refractivity contribution is 9.10. The van der Waals surface area contributed by atoms with Crippen molar-refractivity contribution in [1.29, 1.82) is 0 Å². The van der Waals surface area contributed by atoms with Crippen LogP contribution >= 0.6 is 15.9 Å². The summed E-state index contributed by atoms with van der Waals surface area (Å²) in [5.74, 6) is 0. The van der Waals surface area contributed by atoms with Gasteiger partial charge in [0.1, 0.15) is 0 Å². The summed E-state index contributed by atoms with van der Waals surface area (Å²) in [6, 6.07) is 5.09. The van der Waals surface area contributed by atoms with Gasteiger partial charge in [0.25, 0.3) is 0 Å². The van der Waals surface area contributed by atoms with E-state index in [-0.39, 0.29) is 11.4 Å². The van der Waals surface area contributed by atoms with E-state index in [9.17, 15) is 8.42 Å². The molecule has 0 atom stereocenters. The summed E-state index contributed by atoms with van der Waals surface area (Å²) < 4.78 is 28.8. The van der Waals surface area contributed by atoms with E-state index in [0.717, 1.165) is 11.1 Å². The highest BCUT2D eigenvalue weighted by atomic mass is 79.9. The van der Waals surface area contributed by atoms with E-state index in [4.69, 9.17) is 5.73 Å². The molecule has 0 aliphatic carbocycles. The standard InChI is InChI=1S/C13H17BrN4O2S/c1-17-8-11(7-16-17)9-18(2)21(19,20)13-5-10(6-15)3-4-12(13)14/h3-5,7-8H,6,9,15H2,1-2H3. The molecule has 21 heavy (non-hydrogen) atoms. The summed E-state index contributed by atoms with van der Waals surface area (Å²) in [4.78, 5) is 0.219. The Balaban J connectivity index is 2.32. The number of aryl methyl sites for hydroxylation is 1. The van der Waals surface area contributed by atoms with Gasteiger partial charge in [-0.3, -0.25) is 4.68 Å². The summed E-state index contributed by atoms with van der Waals surface area (Å²) in [5, 5.41) is 4.04. The molecular formula is C13H17BrN4O2S. The van der Waals surface area contributed by atoms with E-state index >= 15 is 0 Å². The topological polar surface area (TPSA) is 81.2 Å². The molecule has 0 aliphatic rings.